The summed E-state index contributed by atoms with van der Waals surface area (Å²) in [6, 6.07) is 3.68. The van der Waals surface area contributed by atoms with Crippen LogP contribution >= 0.6 is 0 Å². The van der Waals surface area contributed by atoms with Gasteiger partial charge in [0.25, 0.3) is 5.56 Å². The highest BCUT2D eigenvalue weighted by Crippen LogP contribution is 2.36. The van der Waals surface area contributed by atoms with Gasteiger partial charge in [0, 0.05) is 62.2 Å². The van der Waals surface area contributed by atoms with Gasteiger partial charge in [-0.15, -0.1) is 0 Å². The number of carbonyl (C=O) groups excluding carboxylic acids is 1. The summed E-state index contributed by atoms with van der Waals surface area (Å²) in [6.07, 6.45) is 6.73. The third-order valence-electron chi connectivity index (χ3n) is 5.50. The number of fused-ring (bicyclic) bond motifs is 4. The maximum atomic E-state index is 12.7. The van der Waals surface area contributed by atoms with Gasteiger partial charge in [0.15, 0.2) is 5.82 Å². The van der Waals surface area contributed by atoms with Crippen LogP contribution in [0.4, 0.5) is 0 Å². The quantitative estimate of drug-likeness (QED) is 0.849. The lowest BCUT2D eigenvalue weighted by Gasteiger charge is -2.42. The molecule has 2 aliphatic rings. The number of piperidine rings is 1. The minimum atomic E-state index is 0.00436. The largest absolute Gasteiger partial charge is 0.342 e. The Morgan fingerprint density at radius 1 is 1.19 bits per heavy atom. The summed E-state index contributed by atoms with van der Waals surface area (Å²) in [5, 5.41) is 0. The van der Waals surface area contributed by atoms with Crippen LogP contribution in [0.15, 0.2) is 29.3 Å². The lowest BCUT2D eigenvalue weighted by atomic mass is 9.82. The Bertz CT molecular complexity index is 888. The first kappa shape index (κ1) is 16.9. The molecule has 0 saturated carbocycles. The molecule has 4 rings (SSSR count). The number of hydrogen-bond acceptors (Lipinski definition) is 4. The molecule has 2 atom stereocenters. The van der Waals surface area contributed by atoms with Gasteiger partial charge in [0.2, 0.25) is 5.91 Å². The molecule has 0 aromatic carbocycles. The van der Waals surface area contributed by atoms with E-state index in [1.165, 1.54) is 0 Å². The summed E-state index contributed by atoms with van der Waals surface area (Å²) < 4.78 is 1.88. The fourth-order valence-corrected chi connectivity index (χ4v) is 4.27. The molecule has 136 valence electrons. The van der Waals surface area contributed by atoms with Crippen LogP contribution < -0.4 is 5.56 Å². The Hall–Kier alpha value is -2.50. The number of hydrogen-bond donors (Lipinski definition) is 0. The molecule has 6 heteroatoms. The zero-order valence-corrected chi connectivity index (χ0v) is 15.3. The van der Waals surface area contributed by atoms with Crippen molar-refractivity contribution >= 4 is 5.91 Å². The molecule has 0 radical (unpaired) electrons. The molecule has 1 saturated heterocycles. The Morgan fingerprint density at radius 3 is 2.65 bits per heavy atom. The van der Waals surface area contributed by atoms with E-state index in [-0.39, 0.29) is 17.4 Å². The van der Waals surface area contributed by atoms with E-state index in [0.717, 1.165) is 42.6 Å². The molecule has 4 heterocycles. The molecular weight excluding hydrogens is 328 g/mol. The van der Waals surface area contributed by atoms with Crippen LogP contribution in [0.5, 0.6) is 0 Å². The highest BCUT2D eigenvalue weighted by molar-refractivity contribution is 5.73. The number of nitrogens with zero attached hydrogens (tertiary/aromatic N) is 4. The van der Waals surface area contributed by atoms with E-state index in [2.05, 4.69) is 16.9 Å². The van der Waals surface area contributed by atoms with E-state index >= 15 is 0 Å². The average Bonchev–Trinajstić information content (AvgIpc) is 2.63. The van der Waals surface area contributed by atoms with Crippen LogP contribution in [0.3, 0.4) is 0 Å². The number of carbonyl (C=O) groups is 1. The van der Waals surface area contributed by atoms with Crippen LogP contribution in [0.25, 0.3) is 11.4 Å². The van der Waals surface area contributed by atoms with Crippen molar-refractivity contribution in [2.24, 2.45) is 5.92 Å². The van der Waals surface area contributed by atoms with Gasteiger partial charge >= 0.3 is 0 Å². The lowest BCUT2D eigenvalue weighted by Crippen LogP contribution is -2.48. The highest BCUT2D eigenvalue weighted by atomic mass is 16.2. The number of rotatable bonds is 3. The fraction of sp³-hybridized carbons (Fsp3) is 0.500. The normalized spacial score (nSPS) is 21.4. The smallest absolute Gasteiger partial charge is 0.251 e. The summed E-state index contributed by atoms with van der Waals surface area (Å²) in [5.41, 5.74) is 2.89. The minimum absolute atomic E-state index is 0.00436. The molecule has 2 aliphatic heterocycles. The number of likely N-dealkylation sites (tertiary alicyclic amines) is 1. The third kappa shape index (κ3) is 3.04. The standard InChI is InChI=1S/C20H24N4O2/c1-3-4-14-8-21-20(22-9-14)16-6-18-17-5-15(10-23(12-17)13(2)25)11-24(18)19(26)7-16/h6-9,15,17H,3-5,10-12H2,1-2H3/t15-,17+/m0/s1. The van der Waals surface area contributed by atoms with E-state index < -0.39 is 0 Å². The van der Waals surface area contributed by atoms with Gasteiger partial charge in [-0.1, -0.05) is 13.3 Å². The molecule has 0 aliphatic carbocycles. The third-order valence-corrected chi connectivity index (χ3v) is 5.50. The Balaban J connectivity index is 1.70. The molecule has 2 aromatic rings. The summed E-state index contributed by atoms with van der Waals surface area (Å²) >= 11 is 0. The minimum Gasteiger partial charge on any atom is -0.342 e. The van der Waals surface area contributed by atoms with Crippen LogP contribution in [0, 0.1) is 5.92 Å². The van der Waals surface area contributed by atoms with Crippen molar-refractivity contribution < 1.29 is 4.79 Å². The second-order valence-electron chi connectivity index (χ2n) is 7.51. The van der Waals surface area contributed by atoms with E-state index in [0.29, 0.717) is 24.8 Å². The van der Waals surface area contributed by atoms with Gasteiger partial charge in [0.05, 0.1) is 0 Å². The van der Waals surface area contributed by atoms with Gasteiger partial charge in [-0.2, -0.15) is 0 Å². The molecule has 2 aromatic heterocycles. The summed E-state index contributed by atoms with van der Waals surface area (Å²) in [7, 11) is 0. The van der Waals surface area contributed by atoms with Crippen LogP contribution in [0.1, 0.15) is 43.9 Å². The van der Waals surface area contributed by atoms with Crippen molar-refractivity contribution in [3.05, 3.63) is 46.1 Å². The summed E-state index contributed by atoms with van der Waals surface area (Å²) in [5.74, 6) is 1.27. The molecule has 0 spiro atoms. The first-order valence-electron chi connectivity index (χ1n) is 9.36. The predicted octanol–water partition coefficient (Wildman–Crippen LogP) is 2.22. The van der Waals surface area contributed by atoms with Crippen molar-refractivity contribution in [1.82, 2.24) is 19.4 Å². The van der Waals surface area contributed by atoms with Crippen molar-refractivity contribution in [1.29, 1.82) is 0 Å². The number of pyridine rings is 1. The maximum Gasteiger partial charge on any atom is 0.251 e. The SMILES string of the molecule is CCCc1cnc(-c2cc3n(c(=O)c2)C[C@H]2C[C@@H]3CN(C(C)=O)C2)nc1. The molecule has 6 nitrogen and oxygen atoms in total. The first-order chi connectivity index (χ1) is 12.5. The second-order valence-corrected chi connectivity index (χ2v) is 7.51. The number of amides is 1. The fourth-order valence-electron chi connectivity index (χ4n) is 4.27. The molecular formula is C20H24N4O2. The van der Waals surface area contributed by atoms with E-state index in [1.807, 2.05) is 27.9 Å². The van der Waals surface area contributed by atoms with Gasteiger partial charge in [-0.25, -0.2) is 9.97 Å². The molecule has 0 N–H and O–H groups in total. The topological polar surface area (TPSA) is 68.1 Å². The van der Waals surface area contributed by atoms with Gasteiger partial charge < -0.3 is 9.47 Å². The summed E-state index contributed by atoms with van der Waals surface area (Å²) in [6.45, 7) is 5.87. The van der Waals surface area contributed by atoms with Gasteiger partial charge in [-0.3, -0.25) is 9.59 Å². The van der Waals surface area contributed by atoms with Crippen molar-refractivity contribution in [3.63, 3.8) is 0 Å². The zero-order valence-electron chi connectivity index (χ0n) is 15.3. The van der Waals surface area contributed by atoms with Crippen molar-refractivity contribution in [2.45, 2.75) is 45.6 Å². The van der Waals surface area contributed by atoms with Crippen LogP contribution in [-0.4, -0.2) is 38.4 Å². The Kier molecular flexibility index (Phi) is 4.34. The van der Waals surface area contributed by atoms with E-state index in [4.69, 9.17) is 0 Å². The molecule has 2 bridgehead atoms. The molecule has 1 amide bonds. The predicted molar refractivity (Wildman–Crippen MR) is 98.8 cm³/mol. The molecule has 0 unspecified atom stereocenters. The second kappa shape index (κ2) is 6.67. The van der Waals surface area contributed by atoms with Gasteiger partial charge in [-0.05, 0) is 30.4 Å². The first-order valence-corrected chi connectivity index (χ1v) is 9.36. The van der Waals surface area contributed by atoms with Crippen LogP contribution in [0.2, 0.25) is 0 Å². The summed E-state index contributed by atoms with van der Waals surface area (Å²) in [4.78, 5) is 35.3. The Morgan fingerprint density at radius 2 is 1.96 bits per heavy atom. The zero-order chi connectivity index (χ0) is 18.3. The van der Waals surface area contributed by atoms with Crippen molar-refractivity contribution in [3.8, 4) is 11.4 Å². The highest BCUT2D eigenvalue weighted by Gasteiger charge is 2.35. The molecule has 26 heavy (non-hydrogen) atoms. The maximum absolute atomic E-state index is 12.7. The Labute approximate surface area is 152 Å². The van der Waals surface area contributed by atoms with Crippen molar-refractivity contribution in [2.75, 3.05) is 13.1 Å². The monoisotopic (exact) mass is 352 g/mol. The number of aryl methyl sites for hydroxylation is 1. The lowest BCUT2D eigenvalue weighted by molar-refractivity contribution is -0.131. The number of aromatic nitrogens is 3. The van der Waals surface area contributed by atoms with E-state index in [9.17, 15) is 9.59 Å². The average molecular weight is 352 g/mol. The van der Waals surface area contributed by atoms with Crippen LogP contribution in [-0.2, 0) is 17.8 Å². The molecule has 1 fully saturated rings. The van der Waals surface area contributed by atoms with E-state index in [1.54, 1.807) is 13.0 Å². The van der Waals surface area contributed by atoms with Gasteiger partial charge in [0.1, 0.15) is 0 Å².